The van der Waals surface area contributed by atoms with Crippen molar-refractivity contribution in [1.29, 1.82) is 0 Å². The van der Waals surface area contributed by atoms with Crippen molar-refractivity contribution in [2.45, 2.75) is 31.3 Å². The van der Waals surface area contributed by atoms with Gasteiger partial charge in [-0.2, -0.15) is 0 Å². The number of fused-ring (bicyclic) bond motifs is 1. The molecule has 7 nitrogen and oxygen atoms in total. The number of aromatic amines is 1. The molecule has 1 aliphatic heterocycles. The number of H-pyrrole nitrogens is 1. The molecule has 2 aromatic heterocycles. The minimum atomic E-state index is -0.575. The average molecular weight is 380 g/mol. The van der Waals surface area contributed by atoms with Crippen LogP contribution in [0.3, 0.4) is 0 Å². The normalized spacial score (nSPS) is 16.0. The zero-order valence-electron chi connectivity index (χ0n) is 15.6. The van der Waals surface area contributed by atoms with Crippen molar-refractivity contribution in [1.82, 2.24) is 15.3 Å². The van der Waals surface area contributed by atoms with Crippen molar-refractivity contribution in [3.05, 3.63) is 54.4 Å². The molecule has 1 saturated heterocycles. The van der Waals surface area contributed by atoms with Gasteiger partial charge in [-0.15, -0.1) is 0 Å². The molecule has 4 N–H and O–H groups in total. The molecule has 3 heterocycles. The van der Waals surface area contributed by atoms with Gasteiger partial charge in [0.25, 0.3) is 0 Å². The summed E-state index contributed by atoms with van der Waals surface area (Å²) >= 11 is 0. The van der Waals surface area contributed by atoms with Gasteiger partial charge in [0.05, 0.1) is 11.4 Å². The summed E-state index contributed by atoms with van der Waals surface area (Å²) in [6, 6.07) is 11.0. The zero-order chi connectivity index (χ0) is 19.3. The topological polar surface area (TPSA) is 102 Å². The van der Waals surface area contributed by atoms with E-state index in [4.69, 9.17) is 15.2 Å². The molecule has 7 heteroatoms. The fourth-order valence-electron chi connectivity index (χ4n) is 3.34. The van der Waals surface area contributed by atoms with E-state index >= 15 is 0 Å². The second-order valence-electron chi connectivity index (χ2n) is 7.00. The van der Waals surface area contributed by atoms with Crippen molar-refractivity contribution in [3.8, 4) is 11.5 Å². The molecule has 1 aliphatic rings. The molecule has 0 saturated carbocycles. The van der Waals surface area contributed by atoms with Crippen molar-refractivity contribution in [2.24, 2.45) is 5.73 Å². The fourth-order valence-corrected chi connectivity index (χ4v) is 3.34. The maximum absolute atomic E-state index is 12.3. The molecule has 1 aromatic carbocycles. The molecule has 3 aromatic rings. The quantitative estimate of drug-likeness (QED) is 0.610. The number of pyridine rings is 1. The maximum atomic E-state index is 12.3. The number of hydrogen-bond acceptors (Lipinski definition) is 5. The number of benzene rings is 1. The summed E-state index contributed by atoms with van der Waals surface area (Å²) in [5, 5.41) is 3.95. The van der Waals surface area contributed by atoms with Crippen LogP contribution in [0.4, 0.5) is 0 Å². The summed E-state index contributed by atoms with van der Waals surface area (Å²) in [7, 11) is 0. The number of nitrogens with one attached hydrogen (secondary N) is 2. The summed E-state index contributed by atoms with van der Waals surface area (Å²) in [6.07, 6.45) is 5.70. The van der Waals surface area contributed by atoms with Crippen LogP contribution in [0.2, 0.25) is 0 Å². The Morgan fingerprint density at radius 2 is 2.04 bits per heavy atom. The molecule has 0 radical (unpaired) electrons. The van der Waals surface area contributed by atoms with E-state index in [9.17, 15) is 4.79 Å². The van der Waals surface area contributed by atoms with Crippen molar-refractivity contribution >= 4 is 16.9 Å². The van der Waals surface area contributed by atoms with Crippen LogP contribution >= 0.6 is 0 Å². The number of nitrogens with zero attached hydrogens (tertiary/aromatic N) is 1. The van der Waals surface area contributed by atoms with E-state index in [1.54, 1.807) is 6.20 Å². The lowest BCUT2D eigenvalue weighted by Crippen LogP contribution is -2.48. The Kier molecular flexibility index (Phi) is 5.55. The van der Waals surface area contributed by atoms with Gasteiger partial charge in [-0.25, -0.2) is 4.98 Å². The van der Waals surface area contributed by atoms with E-state index in [1.165, 1.54) is 0 Å². The third-order valence-corrected chi connectivity index (χ3v) is 4.93. The highest BCUT2D eigenvalue weighted by atomic mass is 16.5. The molecule has 0 aliphatic carbocycles. The van der Waals surface area contributed by atoms with E-state index < -0.39 is 6.04 Å². The van der Waals surface area contributed by atoms with Gasteiger partial charge in [0.15, 0.2) is 0 Å². The molecule has 1 fully saturated rings. The molecule has 1 amide bonds. The molecule has 28 heavy (non-hydrogen) atoms. The van der Waals surface area contributed by atoms with Crippen molar-refractivity contribution < 1.29 is 14.3 Å². The van der Waals surface area contributed by atoms with Gasteiger partial charge >= 0.3 is 0 Å². The Bertz CT molecular complexity index is 932. The van der Waals surface area contributed by atoms with Gasteiger partial charge in [0, 0.05) is 31.6 Å². The second kappa shape index (κ2) is 8.41. The molecule has 0 unspecified atom stereocenters. The van der Waals surface area contributed by atoms with E-state index in [1.807, 2.05) is 42.6 Å². The molecular weight excluding hydrogens is 356 g/mol. The van der Waals surface area contributed by atoms with Gasteiger partial charge < -0.3 is 25.5 Å². The highest BCUT2D eigenvalue weighted by molar-refractivity contribution is 5.83. The summed E-state index contributed by atoms with van der Waals surface area (Å²) in [6.45, 7) is 1.38. The van der Waals surface area contributed by atoms with Crippen LogP contribution in [-0.4, -0.2) is 41.2 Å². The highest BCUT2D eigenvalue weighted by Gasteiger charge is 2.20. The van der Waals surface area contributed by atoms with E-state index in [-0.39, 0.29) is 11.9 Å². The summed E-state index contributed by atoms with van der Waals surface area (Å²) in [4.78, 5) is 19.6. The highest BCUT2D eigenvalue weighted by Crippen LogP contribution is 2.28. The van der Waals surface area contributed by atoms with Crippen LogP contribution in [0.25, 0.3) is 11.0 Å². The summed E-state index contributed by atoms with van der Waals surface area (Å²) in [5.41, 5.74) is 7.87. The first-order valence-corrected chi connectivity index (χ1v) is 9.51. The summed E-state index contributed by atoms with van der Waals surface area (Å²) < 4.78 is 11.3. The van der Waals surface area contributed by atoms with E-state index in [2.05, 4.69) is 15.3 Å². The van der Waals surface area contributed by atoms with E-state index in [0.717, 1.165) is 40.9 Å². The second-order valence-corrected chi connectivity index (χ2v) is 7.00. The predicted octanol–water partition coefficient (Wildman–Crippen LogP) is 2.52. The van der Waals surface area contributed by atoms with E-state index in [0.29, 0.717) is 19.6 Å². The Hall–Kier alpha value is -2.90. The standard InChI is InChI=1S/C21H24N4O3/c22-18(21(26)25-15-7-11-27-12-8-15)13-14-1-3-16(4-2-14)28-19-6-10-24-20-17(19)5-9-23-20/h1-6,9-10,15,18H,7-8,11-13,22H2,(H,23,24)(H,25,26)/t18-/m1/s1. The number of carbonyl (C=O) groups is 1. The molecule has 0 spiro atoms. The van der Waals surface area contributed by atoms with Crippen LogP contribution in [0.5, 0.6) is 11.5 Å². The first-order valence-electron chi connectivity index (χ1n) is 9.51. The number of carbonyl (C=O) groups excluding carboxylic acids is 1. The van der Waals surface area contributed by atoms with Crippen molar-refractivity contribution in [3.63, 3.8) is 0 Å². The fraction of sp³-hybridized carbons (Fsp3) is 0.333. The average Bonchev–Trinajstić information content (AvgIpc) is 3.20. The maximum Gasteiger partial charge on any atom is 0.237 e. The third-order valence-electron chi connectivity index (χ3n) is 4.93. The van der Waals surface area contributed by atoms with Gasteiger partial charge in [-0.3, -0.25) is 4.79 Å². The largest absolute Gasteiger partial charge is 0.457 e. The molecule has 4 rings (SSSR count). The predicted molar refractivity (Wildman–Crippen MR) is 106 cm³/mol. The minimum absolute atomic E-state index is 0.112. The van der Waals surface area contributed by atoms with Gasteiger partial charge in [-0.1, -0.05) is 12.1 Å². The van der Waals surface area contributed by atoms with Crippen LogP contribution in [0.15, 0.2) is 48.8 Å². The van der Waals surface area contributed by atoms with Gasteiger partial charge in [0.1, 0.15) is 17.1 Å². The number of ether oxygens (including phenoxy) is 2. The molecule has 0 bridgehead atoms. The smallest absolute Gasteiger partial charge is 0.237 e. The number of hydrogen-bond donors (Lipinski definition) is 3. The Morgan fingerprint density at radius 3 is 2.82 bits per heavy atom. The SMILES string of the molecule is N[C@H](Cc1ccc(Oc2ccnc3[nH]ccc23)cc1)C(=O)NC1CCOCC1. The first-order chi connectivity index (χ1) is 13.7. The van der Waals surface area contributed by atoms with Crippen molar-refractivity contribution in [2.75, 3.05) is 13.2 Å². The number of aromatic nitrogens is 2. The Morgan fingerprint density at radius 1 is 1.25 bits per heavy atom. The molecule has 146 valence electrons. The van der Waals surface area contributed by atoms with Gasteiger partial charge in [0.2, 0.25) is 5.91 Å². The molecule has 1 atom stereocenters. The lowest BCUT2D eigenvalue weighted by molar-refractivity contribution is -0.123. The Balaban J connectivity index is 1.35. The number of rotatable bonds is 6. The number of amides is 1. The summed E-state index contributed by atoms with van der Waals surface area (Å²) in [5.74, 6) is 1.35. The lowest BCUT2D eigenvalue weighted by Gasteiger charge is -2.24. The van der Waals surface area contributed by atoms with Gasteiger partial charge in [-0.05, 0) is 49.1 Å². The minimum Gasteiger partial charge on any atom is -0.457 e. The van der Waals surface area contributed by atoms with Crippen LogP contribution in [0, 0.1) is 0 Å². The number of nitrogens with two attached hydrogens (primary N) is 1. The first kappa shape index (κ1) is 18.5. The van der Waals surface area contributed by atoms with Crippen LogP contribution in [-0.2, 0) is 16.0 Å². The third kappa shape index (κ3) is 4.32. The van der Waals surface area contributed by atoms with Crippen LogP contribution in [0.1, 0.15) is 18.4 Å². The lowest BCUT2D eigenvalue weighted by atomic mass is 10.0. The van der Waals surface area contributed by atoms with Crippen LogP contribution < -0.4 is 15.8 Å². The monoisotopic (exact) mass is 380 g/mol. The molecular formula is C21H24N4O3. The Labute approximate surface area is 163 Å². The zero-order valence-corrected chi connectivity index (χ0v) is 15.6.